The van der Waals surface area contributed by atoms with Gasteiger partial charge < -0.3 is 15.0 Å². The standard InChI is InChI=1S/C16H23N3O/c1-12-18-15-4-2-3-5-16(15)19(12)11-10-17-13-6-8-14(20)9-7-13/h2-5,13-14,17,20H,6-11H2,1H3. The zero-order chi connectivity index (χ0) is 13.9. The highest BCUT2D eigenvalue weighted by Gasteiger charge is 2.18. The van der Waals surface area contributed by atoms with Crippen molar-refractivity contribution in [2.75, 3.05) is 6.54 Å². The highest BCUT2D eigenvalue weighted by molar-refractivity contribution is 5.75. The maximum atomic E-state index is 9.52. The van der Waals surface area contributed by atoms with Gasteiger partial charge in [0, 0.05) is 19.1 Å². The van der Waals surface area contributed by atoms with Crippen LogP contribution in [0.15, 0.2) is 24.3 Å². The Bertz CT molecular complexity index is 570. The third-order valence-corrected chi connectivity index (χ3v) is 4.31. The number of nitrogens with one attached hydrogen (secondary N) is 1. The van der Waals surface area contributed by atoms with E-state index in [-0.39, 0.29) is 6.10 Å². The Morgan fingerprint density at radius 3 is 2.80 bits per heavy atom. The van der Waals surface area contributed by atoms with Crippen LogP contribution < -0.4 is 5.32 Å². The summed E-state index contributed by atoms with van der Waals surface area (Å²) in [5.74, 6) is 1.08. The highest BCUT2D eigenvalue weighted by Crippen LogP contribution is 2.18. The van der Waals surface area contributed by atoms with Crippen LogP contribution in [0, 0.1) is 6.92 Å². The summed E-state index contributed by atoms with van der Waals surface area (Å²) in [6.07, 6.45) is 3.97. The molecule has 1 aliphatic carbocycles. The quantitative estimate of drug-likeness (QED) is 0.898. The molecule has 2 N–H and O–H groups in total. The molecule has 4 heteroatoms. The second-order valence-corrected chi connectivity index (χ2v) is 5.76. The molecule has 1 aliphatic rings. The number of para-hydroxylation sites is 2. The van der Waals surface area contributed by atoms with Crippen molar-refractivity contribution in [3.8, 4) is 0 Å². The molecule has 1 heterocycles. The lowest BCUT2D eigenvalue weighted by Crippen LogP contribution is -2.36. The van der Waals surface area contributed by atoms with Gasteiger partial charge in [-0.1, -0.05) is 12.1 Å². The van der Waals surface area contributed by atoms with Gasteiger partial charge in [0.15, 0.2) is 0 Å². The van der Waals surface area contributed by atoms with Crippen molar-refractivity contribution in [1.82, 2.24) is 14.9 Å². The Labute approximate surface area is 119 Å². The van der Waals surface area contributed by atoms with Crippen molar-refractivity contribution >= 4 is 11.0 Å². The molecule has 0 saturated heterocycles. The van der Waals surface area contributed by atoms with Gasteiger partial charge in [0.05, 0.1) is 17.1 Å². The van der Waals surface area contributed by atoms with Crippen LogP contribution in [0.2, 0.25) is 0 Å². The van der Waals surface area contributed by atoms with E-state index in [2.05, 4.69) is 40.0 Å². The van der Waals surface area contributed by atoms with Crippen LogP contribution in [0.4, 0.5) is 0 Å². The molecule has 0 unspecified atom stereocenters. The summed E-state index contributed by atoms with van der Waals surface area (Å²) in [4.78, 5) is 4.59. The number of hydrogen-bond acceptors (Lipinski definition) is 3. The molecule has 0 amide bonds. The molecule has 0 radical (unpaired) electrons. The fraction of sp³-hybridized carbons (Fsp3) is 0.562. The Morgan fingerprint density at radius 2 is 2.00 bits per heavy atom. The summed E-state index contributed by atoms with van der Waals surface area (Å²) >= 11 is 0. The first-order valence-corrected chi connectivity index (χ1v) is 7.57. The molecule has 4 nitrogen and oxygen atoms in total. The highest BCUT2D eigenvalue weighted by atomic mass is 16.3. The van der Waals surface area contributed by atoms with E-state index in [9.17, 15) is 5.11 Å². The molecule has 1 fully saturated rings. The Hall–Kier alpha value is -1.39. The second kappa shape index (κ2) is 5.94. The lowest BCUT2D eigenvalue weighted by Gasteiger charge is -2.26. The van der Waals surface area contributed by atoms with Crippen LogP contribution in [0.1, 0.15) is 31.5 Å². The predicted molar refractivity (Wildman–Crippen MR) is 80.7 cm³/mol. The summed E-state index contributed by atoms with van der Waals surface area (Å²) in [5.41, 5.74) is 2.29. The van der Waals surface area contributed by atoms with Gasteiger partial charge in [0.1, 0.15) is 5.82 Å². The van der Waals surface area contributed by atoms with Gasteiger partial charge >= 0.3 is 0 Å². The van der Waals surface area contributed by atoms with Gasteiger partial charge in [-0.3, -0.25) is 0 Å². The summed E-state index contributed by atoms with van der Waals surface area (Å²) in [6, 6.07) is 8.86. The average Bonchev–Trinajstić information content (AvgIpc) is 2.77. The zero-order valence-corrected chi connectivity index (χ0v) is 12.0. The minimum absolute atomic E-state index is 0.0760. The van der Waals surface area contributed by atoms with Crippen molar-refractivity contribution in [2.45, 2.75) is 51.3 Å². The van der Waals surface area contributed by atoms with Gasteiger partial charge in [-0.2, -0.15) is 0 Å². The number of rotatable bonds is 4. The zero-order valence-electron chi connectivity index (χ0n) is 12.0. The number of benzene rings is 1. The maximum absolute atomic E-state index is 9.52. The molecule has 20 heavy (non-hydrogen) atoms. The van der Waals surface area contributed by atoms with Gasteiger partial charge in [0.2, 0.25) is 0 Å². The van der Waals surface area contributed by atoms with Crippen LogP contribution >= 0.6 is 0 Å². The van der Waals surface area contributed by atoms with Gasteiger partial charge in [-0.15, -0.1) is 0 Å². The molecule has 3 rings (SSSR count). The topological polar surface area (TPSA) is 50.1 Å². The predicted octanol–water partition coefficient (Wildman–Crippen LogP) is 2.24. The van der Waals surface area contributed by atoms with Crippen LogP contribution in [0.25, 0.3) is 11.0 Å². The number of aryl methyl sites for hydroxylation is 1. The second-order valence-electron chi connectivity index (χ2n) is 5.76. The van der Waals surface area contributed by atoms with E-state index >= 15 is 0 Å². The number of hydrogen-bond donors (Lipinski definition) is 2. The molecule has 0 spiro atoms. The third kappa shape index (κ3) is 2.86. The van der Waals surface area contributed by atoms with Crippen LogP contribution in [0.5, 0.6) is 0 Å². The minimum atomic E-state index is -0.0760. The van der Waals surface area contributed by atoms with Crippen molar-refractivity contribution < 1.29 is 5.11 Å². The van der Waals surface area contributed by atoms with Crippen LogP contribution in [-0.4, -0.2) is 33.3 Å². The van der Waals surface area contributed by atoms with Crippen molar-refractivity contribution in [3.63, 3.8) is 0 Å². The van der Waals surface area contributed by atoms with E-state index in [1.54, 1.807) is 0 Å². The van der Waals surface area contributed by atoms with E-state index in [1.165, 1.54) is 5.52 Å². The van der Waals surface area contributed by atoms with Crippen molar-refractivity contribution in [2.24, 2.45) is 0 Å². The molecule has 0 bridgehead atoms. The SMILES string of the molecule is Cc1nc2ccccc2n1CCNC1CCC(O)CC1. The van der Waals surface area contributed by atoms with Gasteiger partial charge in [-0.05, 0) is 44.7 Å². The number of imidazole rings is 1. The summed E-state index contributed by atoms with van der Waals surface area (Å²) in [7, 11) is 0. The van der Waals surface area contributed by atoms with Gasteiger partial charge in [0.25, 0.3) is 0 Å². The van der Waals surface area contributed by atoms with E-state index < -0.39 is 0 Å². The molecule has 1 aromatic heterocycles. The molecule has 1 aromatic carbocycles. The summed E-state index contributed by atoms with van der Waals surface area (Å²) in [6.45, 7) is 3.98. The Balaban J connectivity index is 1.59. The molecule has 2 aromatic rings. The molecule has 1 saturated carbocycles. The van der Waals surface area contributed by atoms with Crippen LogP contribution in [-0.2, 0) is 6.54 Å². The Kier molecular flexibility index (Phi) is 4.03. The van der Waals surface area contributed by atoms with E-state index in [1.807, 2.05) is 6.07 Å². The summed E-state index contributed by atoms with van der Waals surface area (Å²) < 4.78 is 2.28. The van der Waals surface area contributed by atoms with Gasteiger partial charge in [-0.25, -0.2) is 4.98 Å². The molecule has 0 aliphatic heterocycles. The van der Waals surface area contributed by atoms with Crippen molar-refractivity contribution in [3.05, 3.63) is 30.1 Å². The Morgan fingerprint density at radius 1 is 1.25 bits per heavy atom. The minimum Gasteiger partial charge on any atom is -0.393 e. The fourth-order valence-corrected chi connectivity index (χ4v) is 3.14. The average molecular weight is 273 g/mol. The number of aliphatic hydroxyl groups excluding tert-OH is 1. The lowest BCUT2D eigenvalue weighted by atomic mass is 9.93. The first-order valence-electron chi connectivity index (χ1n) is 7.57. The molecule has 108 valence electrons. The van der Waals surface area contributed by atoms with Crippen molar-refractivity contribution in [1.29, 1.82) is 0 Å². The number of fused-ring (bicyclic) bond motifs is 1. The largest absolute Gasteiger partial charge is 0.393 e. The first-order chi connectivity index (χ1) is 9.74. The monoisotopic (exact) mass is 273 g/mol. The third-order valence-electron chi connectivity index (χ3n) is 4.31. The smallest absolute Gasteiger partial charge is 0.106 e. The summed E-state index contributed by atoms with van der Waals surface area (Å²) in [5, 5.41) is 13.1. The lowest BCUT2D eigenvalue weighted by molar-refractivity contribution is 0.116. The molecular formula is C16H23N3O. The number of aliphatic hydroxyl groups is 1. The first kappa shape index (κ1) is 13.6. The maximum Gasteiger partial charge on any atom is 0.106 e. The van der Waals surface area contributed by atoms with E-state index in [4.69, 9.17) is 0 Å². The molecule has 0 atom stereocenters. The van der Waals surface area contributed by atoms with Crippen LogP contribution in [0.3, 0.4) is 0 Å². The normalized spacial score (nSPS) is 23.3. The number of aromatic nitrogens is 2. The molecular weight excluding hydrogens is 250 g/mol. The number of nitrogens with zero attached hydrogens (tertiary/aromatic N) is 2. The van der Waals surface area contributed by atoms with E-state index in [0.717, 1.165) is 50.1 Å². The fourth-order valence-electron chi connectivity index (χ4n) is 3.14. The van der Waals surface area contributed by atoms with E-state index in [0.29, 0.717) is 6.04 Å².